The van der Waals surface area contributed by atoms with E-state index >= 15 is 0 Å². The van der Waals surface area contributed by atoms with Gasteiger partial charge < -0.3 is 4.74 Å². The number of nitrogens with zero attached hydrogens (tertiary/aromatic N) is 2. The molecule has 1 fully saturated rings. The van der Waals surface area contributed by atoms with E-state index in [1.54, 1.807) is 6.08 Å². The van der Waals surface area contributed by atoms with Crippen LogP contribution >= 0.6 is 0 Å². The van der Waals surface area contributed by atoms with E-state index in [9.17, 15) is 14.4 Å². The van der Waals surface area contributed by atoms with E-state index < -0.39 is 30.2 Å². The van der Waals surface area contributed by atoms with E-state index in [-0.39, 0.29) is 18.9 Å². The van der Waals surface area contributed by atoms with Gasteiger partial charge in [-0.1, -0.05) is 97.1 Å². The Morgan fingerprint density at radius 3 is 2.03 bits per heavy atom. The summed E-state index contributed by atoms with van der Waals surface area (Å²) >= 11 is 0. The van der Waals surface area contributed by atoms with Crippen LogP contribution in [0.15, 0.2) is 103 Å². The maximum absolute atomic E-state index is 13.4. The van der Waals surface area contributed by atoms with Crippen molar-refractivity contribution >= 4 is 17.8 Å². The van der Waals surface area contributed by atoms with Crippen molar-refractivity contribution in [3.05, 3.63) is 120 Å². The molecule has 0 aromatic heterocycles. The zero-order valence-corrected chi connectivity index (χ0v) is 18.9. The van der Waals surface area contributed by atoms with Gasteiger partial charge in [0.05, 0.1) is 12.5 Å². The van der Waals surface area contributed by atoms with E-state index in [2.05, 4.69) is 0 Å². The SMILES string of the molecule is O=C(OCc1ccccc1)C(=O)N1[C@H](c2ccccc2)[C@@H]2C=C[C@H]1N(C(=O)Cc1ccccc1)O2. The van der Waals surface area contributed by atoms with E-state index in [1.807, 2.05) is 97.1 Å². The van der Waals surface area contributed by atoms with Crippen LogP contribution in [0.4, 0.5) is 0 Å². The van der Waals surface area contributed by atoms with E-state index in [1.165, 1.54) is 9.96 Å². The average Bonchev–Trinajstić information content (AvgIpc) is 2.92. The normalized spacial score (nSPS) is 20.5. The van der Waals surface area contributed by atoms with Gasteiger partial charge in [0.15, 0.2) is 6.17 Å². The molecule has 2 amide bonds. The van der Waals surface area contributed by atoms with Crippen LogP contribution in [-0.2, 0) is 37.0 Å². The molecule has 3 aromatic carbocycles. The van der Waals surface area contributed by atoms with Crippen LogP contribution in [0, 0.1) is 0 Å². The second-order valence-electron chi connectivity index (χ2n) is 8.38. The highest BCUT2D eigenvalue weighted by Gasteiger charge is 2.50. The summed E-state index contributed by atoms with van der Waals surface area (Å²) in [6, 6.07) is 27.2. The quantitative estimate of drug-likeness (QED) is 0.325. The number of rotatable bonds is 5. The van der Waals surface area contributed by atoms with Crippen molar-refractivity contribution in [1.29, 1.82) is 0 Å². The summed E-state index contributed by atoms with van der Waals surface area (Å²) in [6.45, 7) is -0.0215. The maximum atomic E-state index is 13.4. The first-order valence-corrected chi connectivity index (χ1v) is 11.4. The van der Waals surface area contributed by atoms with Crippen LogP contribution in [-0.4, -0.2) is 40.0 Å². The van der Waals surface area contributed by atoms with Crippen LogP contribution in [0.2, 0.25) is 0 Å². The number of benzene rings is 3. The number of hydrogen-bond donors (Lipinski definition) is 0. The lowest BCUT2D eigenvalue weighted by molar-refractivity contribution is -0.275. The fraction of sp³-hybridized carbons (Fsp3) is 0.179. The van der Waals surface area contributed by atoms with E-state index in [0.717, 1.165) is 16.7 Å². The number of hydrogen-bond acceptors (Lipinski definition) is 5. The lowest BCUT2D eigenvalue weighted by atomic mass is 9.93. The number of amides is 2. The monoisotopic (exact) mass is 468 g/mol. The van der Waals surface area contributed by atoms with Gasteiger partial charge in [0.1, 0.15) is 12.7 Å². The number of esters is 1. The molecule has 0 N–H and O–H groups in total. The van der Waals surface area contributed by atoms with Gasteiger partial charge in [-0.25, -0.2) is 4.79 Å². The Balaban J connectivity index is 1.40. The average molecular weight is 469 g/mol. The number of fused-ring (bicyclic) bond motifs is 2. The highest BCUT2D eigenvalue weighted by atomic mass is 16.7. The fourth-order valence-electron chi connectivity index (χ4n) is 4.40. The van der Waals surface area contributed by atoms with Crippen molar-refractivity contribution in [2.24, 2.45) is 0 Å². The first-order chi connectivity index (χ1) is 17.1. The van der Waals surface area contributed by atoms with E-state index in [0.29, 0.717) is 0 Å². The molecule has 6 rings (SSSR count). The first-order valence-electron chi connectivity index (χ1n) is 11.4. The van der Waals surface area contributed by atoms with Crippen molar-refractivity contribution in [1.82, 2.24) is 9.96 Å². The van der Waals surface area contributed by atoms with Gasteiger partial charge in [0, 0.05) is 0 Å². The molecule has 7 heteroatoms. The number of carbonyl (C=O) groups excluding carboxylic acids is 3. The molecule has 3 aliphatic rings. The van der Waals surface area contributed by atoms with Gasteiger partial charge in [-0.05, 0) is 22.8 Å². The standard InChI is InChI=1S/C28H24N2O5/c31-25(18-20-10-4-1-5-11-20)30-24-17-16-23(35-30)26(22-14-8-3-9-15-22)29(24)27(32)28(33)34-19-21-12-6-2-7-13-21/h1-17,23-24,26H,18-19H2/t23-,24+,26+/m0/s1. The summed E-state index contributed by atoms with van der Waals surface area (Å²) in [5.74, 6) is -2.11. The third kappa shape index (κ3) is 4.72. The van der Waals surface area contributed by atoms with Crippen LogP contribution in [0.5, 0.6) is 0 Å². The van der Waals surface area contributed by atoms with Crippen molar-refractivity contribution in [3.8, 4) is 0 Å². The Morgan fingerprint density at radius 1 is 0.771 bits per heavy atom. The highest BCUT2D eigenvalue weighted by molar-refractivity contribution is 6.32. The van der Waals surface area contributed by atoms with E-state index in [4.69, 9.17) is 9.57 Å². The number of ether oxygens (including phenoxy) is 1. The Morgan fingerprint density at radius 2 is 1.37 bits per heavy atom. The van der Waals surface area contributed by atoms with Crippen molar-refractivity contribution in [2.45, 2.75) is 31.3 Å². The lowest BCUT2D eigenvalue weighted by Gasteiger charge is -2.51. The Bertz CT molecular complexity index is 1230. The topological polar surface area (TPSA) is 76.2 Å². The van der Waals surface area contributed by atoms with Gasteiger partial charge in [-0.15, -0.1) is 0 Å². The fourth-order valence-corrected chi connectivity index (χ4v) is 4.40. The van der Waals surface area contributed by atoms with Crippen LogP contribution in [0.1, 0.15) is 22.7 Å². The van der Waals surface area contributed by atoms with Crippen molar-refractivity contribution in [3.63, 3.8) is 0 Å². The Kier molecular flexibility index (Phi) is 6.41. The van der Waals surface area contributed by atoms with Gasteiger partial charge in [-0.2, -0.15) is 5.06 Å². The molecule has 0 aliphatic carbocycles. The second-order valence-corrected chi connectivity index (χ2v) is 8.38. The molecule has 0 spiro atoms. The highest BCUT2D eigenvalue weighted by Crippen LogP contribution is 2.40. The lowest BCUT2D eigenvalue weighted by Crippen LogP contribution is -2.65. The summed E-state index contributed by atoms with van der Waals surface area (Å²) in [5.41, 5.74) is 2.40. The molecule has 2 bridgehead atoms. The van der Waals surface area contributed by atoms with Gasteiger partial charge >= 0.3 is 11.9 Å². The van der Waals surface area contributed by atoms with Crippen molar-refractivity contribution in [2.75, 3.05) is 0 Å². The van der Waals surface area contributed by atoms with Crippen LogP contribution in [0.25, 0.3) is 0 Å². The molecule has 3 atom stereocenters. The van der Waals surface area contributed by atoms with Crippen LogP contribution in [0.3, 0.4) is 0 Å². The second kappa shape index (κ2) is 9.95. The molecule has 3 heterocycles. The zero-order valence-electron chi connectivity index (χ0n) is 18.9. The molecule has 3 aromatic rings. The molecule has 1 saturated heterocycles. The predicted octanol–water partition coefficient (Wildman–Crippen LogP) is 3.58. The molecule has 0 unspecified atom stereocenters. The minimum absolute atomic E-state index is 0.0215. The minimum Gasteiger partial charge on any atom is -0.454 e. The molecule has 176 valence electrons. The summed E-state index contributed by atoms with van der Waals surface area (Å²) < 4.78 is 5.33. The molecule has 3 aliphatic heterocycles. The summed E-state index contributed by atoms with van der Waals surface area (Å²) in [7, 11) is 0. The molecular formula is C28H24N2O5. The number of hydroxylamine groups is 2. The molecule has 35 heavy (non-hydrogen) atoms. The molecule has 0 saturated carbocycles. The van der Waals surface area contributed by atoms with Gasteiger partial charge in [-0.3, -0.25) is 19.3 Å². The largest absolute Gasteiger partial charge is 0.454 e. The maximum Gasteiger partial charge on any atom is 0.397 e. The summed E-state index contributed by atoms with van der Waals surface area (Å²) in [5, 5.41) is 1.19. The summed E-state index contributed by atoms with van der Waals surface area (Å²) in [6.07, 6.45) is 2.15. The van der Waals surface area contributed by atoms with Crippen LogP contribution < -0.4 is 0 Å². The van der Waals surface area contributed by atoms with Gasteiger partial charge in [0.2, 0.25) is 0 Å². The summed E-state index contributed by atoms with van der Waals surface area (Å²) in [4.78, 5) is 46.9. The molecular weight excluding hydrogens is 444 g/mol. The van der Waals surface area contributed by atoms with Gasteiger partial charge in [0.25, 0.3) is 5.91 Å². The molecule has 0 radical (unpaired) electrons. The van der Waals surface area contributed by atoms with Crippen molar-refractivity contribution < 1.29 is 24.0 Å². The zero-order chi connectivity index (χ0) is 24.2. The Labute approximate surface area is 203 Å². The smallest absolute Gasteiger partial charge is 0.397 e. The predicted molar refractivity (Wildman–Crippen MR) is 127 cm³/mol. The third-order valence-corrected chi connectivity index (χ3v) is 6.05. The Hall–Kier alpha value is -4.23. The molecule has 7 nitrogen and oxygen atoms in total. The third-order valence-electron chi connectivity index (χ3n) is 6.05. The first kappa shape index (κ1) is 22.6. The minimum atomic E-state index is -0.980. The number of carbonyl (C=O) groups is 3.